The fraction of sp³-hybridized carbons (Fsp3) is 0.600. The number of rotatable bonds is 5. The SMILES string of the molecule is CCOP(=O)(OCC)c1nc(C)cnc1C. The lowest BCUT2D eigenvalue weighted by Gasteiger charge is -2.17. The Labute approximate surface area is 95.8 Å². The minimum Gasteiger partial charge on any atom is -0.304 e. The van der Waals surface area contributed by atoms with E-state index in [1.165, 1.54) is 0 Å². The van der Waals surface area contributed by atoms with Crippen molar-refractivity contribution in [1.82, 2.24) is 9.97 Å². The fourth-order valence-corrected chi connectivity index (χ4v) is 3.02. The number of aromatic nitrogens is 2. The number of aryl methyl sites for hydroxylation is 2. The maximum Gasteiger partial charge on any atom is 0.381 e. The smallest absolute Gasteiger partial charge is 0.304 e. The van der Waals surface area contributed by atoms with Crippen molar-refractivity contribution < 1.29 is 13.6 Å². The Morgan fingerprint density at radius 2 is 1.81 bits per heavy atom. The van der Waals surface area contributed by atoms with Crippen LogP contribution in [0.1, 0.15) is 25.2 Å². The van der Waals surface area contributed by atoms with Crippen molar-refractivity contribution in [3.8, 4) is 0 Å². The molecular formula is C10H17N2O3P. The fourth-order valence-electron chi connectivity index (χ4n) is 1.28. The van der Waals surface area contributed by atoms with Gasteiger partial charge in [0.1, 0.15) is 0 Å². The van der Waals surface area contributed by atoms with E-state index in [9.17, 15) is 4.57 Å². The maximum absolute atomic E-state index is 12.4. The zero-order valence-corrected chi connectivity index (χ0v) is 11.0. The van der Waals surface area contributed by atoms with Gasteiger partial charge in [0.05, 0.1) is 24.6 Å². The summed E-state index contributed by atoms with van der Waals surface area (Å²) in [6.07, 6.45) is 1.63. The lowest BCUT2D eigenvalue weighted by Crippen LogP contribution is -2.19. The quantitative estimate of drug-likeness (QED) is 0.741. The molecule has 1 aromatic heterocycles. The first-order valence-electron chi connectivity index (χ1n) is 5.23. The Morgan fingerprint density at radius 1 is 1.25 bits per heavy atom. The number of nitrogens with zero attached hydrogens (tertiary/aromatic N) is 2. The molecule has 5 nitrogen and oxygen atoms in total. The van der Waals surface area contributed by atoms with Gasteiger partial charge in [-0.05, 0) is 27.7 Å². The standard InChI is InChI=1S/C10H17N2O3P/c1-5-14-16(13,15-6-2)10-9(4)11-7-8(3)12-10/h7H,5-6H2,1-4H3. The van der Waals surface area contributed by atoms with Crippen molar-refractivity contribution in [2.45, 2.75) is 27.7 Å². The van der Waals surface area contributed by atoms with E-state index in [2.05, 4.69) is 9.97 Å². The molecule has 0 fully saturated rings. The zero-order chi connectivity index (χ0) is 12.2. The van der Waals surface area contributed by atoms with Gasteiger partial charge < -0.3 is 9.05 Å². The van der Waals surface area contributed by atoms with Gasteiger partial charge in [-0.25, -0.2) is 4.98 Å². The summed E-state index contributed by atoms with van der Waals surface area (Å²) in [5, 5.41) is 0. The molecule has 0 amide bonds. The summed E-state index contributed by atoms with van der Waals surface area (Å²) in [5.41, 5.74) is 1.59. The highest BCUT2D eigenvalue weighted by Crippen LogP contribution is 2.46. The molecule has 1 aromatic rings. The van der Waals surface area contributed by atoms with Gasteiger partial charge in [0, 0.05) is 6.20 Å². The second kappa shape index (κ2) is 5.53. The molecular weight excluding hydrogens is 227 g/mol. The van der Waals surface area contributed by atoms with Crippen LogP contribution in [0, 0.1) is 13.8 Å². The molecule has 0 saturated heterocycles. The van der Waals surface area contributed by atoms with Crippen LogP contribution >= 0.6 is 7.60 Å². The molecule has 16 heavy (non-hydrogen) atoms. The minimum atomic E-state index is -3.31. The average Bonchev–Trinajstić information content (AvgIpc) is 2.22. The normalized spacial score (nSPS) is 11.8. The van der Waals surface area contributed by atoms with Gasteiger partial charge in [-0.1, -0.05) is 0 Å². The summed E-state index contributed by atoms with van der Waals surface area (Å²) in [7, 11) is -3.31. The molecule has 0 aliphatic carbocycles. The van der Waals surface area contributed by atoms with Crippen LogP contribution in [0.15, 0.2) is 6.20 Å². The maximum atomic E-state index is 12.4. The molecule has 0 aliphatic heterocycles. The van der Waals surface area contributed by atoms with E-state index in [-0.39, 0.29) is 0 Å². The van der Waals surface area contributed by atoms with E-state index in [1.54, 1.807) is 33.9 Å². The summed E-state index contributed by atoms with van der Waals surface area (Å²) >= 11 is 0. The molecule has 0 spiro atoms. The first-order chi connectivity index (χ1) is 7.53. The molecule has 0 aliphatic rings. The molecule has 0 bridgehead atoms. The van der Waals surface area contributed by atoms with Gasteiger partial charge in [-0.3, -0.25) is 9.55 Å². The molecule has 0 aromatic carbocycles. The van der Waals surface area contributed by atoms with Crippen LogP contribution < -0.4 is 5.44 Å². The van der Waals surface area contributed by atoms with Gasteiger partial charge in [0.25, 0.3) is 0 Å². The summed E-state index contributed by atoms with van der Waals surface area (Å²) < 4.78 is 22.9. The Kier molecular flexibility index (Phi) is 4.59. The van der Waals surface area contributed by atoms with Crippen LogP contribution in [0.4, 0.5) is 0 Å². The highest BCUT2D eigenvalue weighted by molar-refractivity contribution is 7.62. The van der Waals surface area contributed by atoms with Crippen LogP contribution in [0.5, 0.6) is 0 Å². The third-order valence-corrected chi connectivity index (χ3v) is 4.05. The van der Waals surface area contributed by atoms with Gasteiger partial charge in [-0.2, -0.15) is 0 Å². The van der Waals surface area contributed by atoms with Crippen LogP contribution in [-0.4, -0.2) is 23.2 Å². The highest BCUT2D eigenvalue weighted by atomic mass is 31.2. The van der Waals surface area contributed by atoms with E-state index >= 15 is 0 Å². The minimum absolute atomic E-state index is 0.312. The Bertz CT molecular complexity index is 399. The molecule has 0 unspecified atom stereocenters. The van der Waals surface area contributed by atoms with Crippen LogP contribution in [0.3, 0.4) is 0 Å². The first-order valence-corrected chi connectivity index (χ1v) is 6.77. The molecule has 0 atom stereocenters. The second-order valence-electron chi connectivity index (χ2n) is 3.25. The van der Waals surface area contributed by atoms with Gasteiger partial charge in [-0.15, -0.1) is 0 Å². The van der Waals surface area contributed by atoms with E-state index in [0.717, 1.165) is 0 Å². The van der Waals surface area contributed by atoms with Crippen molar-refractivity contribution in [2.75, 3.05) is 13.2 Å². The van der Waals surface area contributed by atoms with Crippen molar-refractivity contribution in [2.24, 2.45) is 0 Å². The van der Waals surface area contributed by atoms with E-state index in [0.29, 0.717) is 30.0 Å². The van der Waals surface area contributed by atoms with E-state index in [1.807, 2.05) is 0 Å². The highest BCUT2D eigenvalue weighted by Gasteiger charge is 2.31. The van der Waals surface area contributed by atoms with Crippen LogP contribution in [-0.2, 0) is 13.6 Å². The largest absolute Gasteiger partial charge is 0.381 e. The monoisotopic (exact) mass is 244 g/mol. The van der Waals surface area contributed by atoms with Crippen molar-refractivity contribution in [3.63, 3.8) is 0 Å². The summed E-state index contributed by atoms with van der Waals surface area (Å²) in [6, 6.07) is 0. The topological polar surface area (TPSA) is 61.3 Å². The summed E-state index contributed by atoms with van der Waals surface area (Å²) in [5.74, 6) is 0. The molecule has 6 heteroatoms. The zero-order valence-electron chi connectivity index (χ0n) is 10.1. The third-order valence-electron chi connectivity index (χ3n) is 1.91. The Hall–Kier alpha value is -0.770. The molecule has 90 valence electrons. The van der Waals surface area contributed by atoms with Crippen LogP contribution in [0.25, 0.3) is 0 Å². The van der Waals surface area contributed by atoms with Gasteiger partial charge in [0.15, 0.2) is 5.44 Å². The van der Waals surface area contributed by atoms with Crippen LogP contribution in [0.2, 0.25) is 0 Å². The number of hydrogen-bond donors (Lipinski definition) is 0. The van der Waals surface area contributed by atoms with Crippen molar-refractivity contribution in [1.29, 1.82) is 0 Å². The van der Waals surface area contributed by atoms with Crippen molar-refractivity contribution >= 4 is 13.0 Å². The molecule has 1 rings (SSSR count). The Balaban J connectivity index is 3.20. The molecule has 0 radical (unpaired) electrons. The number of hydrogen-bond acceptors (Lipinski definition) is 5. The first kappa shape index (κ1) is 13.3. The lowest BCUT2D eigenvalue weighted by atomic mass is 10.4. The summed E-state index contributed by atoms with van der Waals surface area (Å²) in [6.45, 7) is 7.69. The lowest BCUT2D eigenvalue weighted by molar-refractivity contribution is 0.229. The predicted molar refractivity (Wildman–Crippen MR) is 62.0 cm³/mol. The van der Waals surface area contributed by atoms with E-state index in [4.69, 9.17) is 9.05 Å². The average molecular weight is 244 g/mol. The molecule has 0 N–H and O–H groups in total. The van der Waals surface area contributed by atoms with Gasteiger partial charge in [0.2, 0.25) is 0 Å². The predicted octanol–water partition coefficient (Wildman–Crippen LogP) is 1.98. The van der Waals surface area contributed by atoms with E-state index < -0.39 is 7.60 Å². The third kappa shape index (κ3) is 2.88. The summed E-state index contributed by atoms with van der Waals surface area (Å²) in [4.78, 5) is 8.32. The van der Waals surface area contributed by atoms with Gasteiger partial charge >= 0.3 is 7.60 Å². The second-order valence-corrected chi connectivity index (χ2v) is 5.19. The molecule has 0 saturated carbocycles. The Morgan fingerprint density at radius 3 is 2.31 bits per heavy atom. The molecule has 1 heterocycles. The van der Waals surface area contributed by atoms with Crippen molar-refractivity contribution in [3.05, 3.63) is 17.6 Å².